The Balaban J connectivity index is 2.18. The van der Waals surface area contributed by atoms with Crippen molar-refractivity contribution in [2.24, 2.45) is 0 Å². The molecule has 0 aromatic heterocycles. The molecule has 2 aromatic rings. The first-order valence-corrected chi connectivity index (χ1v) is 7.66. The Morgan fingerprint density at radius 3 is 2.38 bits per heavy atom. The van der Waals surface area contributed by atoms with E-state index in [4.69, 9.17) is 10.00 Å². The van der Waals surface area contributed by atoms with Gasteiger partial charge in [-0.25, -0.2) is 4.79 Å². The van der Waals surface area contributed by atoms with E-state index in [0.29, 0.717) is 11.1 Å². The van der Waals surface area contributed by atoms with E-state index in [1.165, 1.54) is 6.07 Å². The highest BCUT2D eigenvalue weighted by molar-refractivity contribution is 6.02. The van der Waals surface area contributed by atoms with Crippen LogP contribution in [0.15, 0.2) is 36.4 Å². The number of benzene rings is 2. The number of aryl methyl sites for hydroxylation is 3. The molecule has 0 spiro atoms. The van der Waals surface area contributed by atoms with Crippen LogP contribution in [0.3, 0.4) is 0 Å². The average Bonchev–Trinajstić information content (AvgIpc) is 2.57. The van der Waals surface area contributed by atoms with Gasteiger partial charge in [-0.1, -0.05) is 12.1 Å². The molecular weight excluding hydrogens is 302 g/mol. The number of hydrogen-bond donors (Lipinski definition) is 0. The summed E-state index contributed by atoms with van der Waals surface area (Å²) < 4.78 is 5.28. The lowest BCUT2D eigenvalue weighted by Crippen LogP contribution is -2.25. The average molecular weight is 321 g/mol. The van der Waals surface area contributed by atoms with Crippen molar-refractivity contribution in [1.29, 1.82) is 5.26 Å². The zero-order valence-electron chi connectivity index (χ0n) is 14.2. The Morgan fingerprint density at radius 1 is 1.04 bits per heavy atom. The van der Waals surface area contributed by atoms with Gasteiger partial charge in [-0.05, 0) is 68.7 Å². The van der Waals surface area contributed by atoms with Gasteiger partial charge in [0.2, 0.25) is 5.78 Å². The van der Waals surface area contributed by atoms with Crippen LogP contribution in [0.5, 0.6) is 0 Å². The molecule has 0 bridgehead atoms. The molecule has 0 unspecified atom stereocenters. The Morgan fingerprint density at radius 2 is 1.71 bits per heavy atom. The topological polar surface area (TPSA) is 67.2 Å². The number of hydrogen-bond acceptors (Lipinski definition) is 4. The third kappa shape index (κ3) is 3.69. The lowest BCUT2D eigenvalue weighted by atomic mass is 9.96. The van der Waals surface area contributed by atoms with Gasteiger partial charge in [0.15, 0.2) is 6.10 Å². The van der Waals surface area contributed by atoms with Crippen molar-refractivity contribution in [2.45, 2.75) is 33.8 Å². The van der Waals surface area contributed by atoms with Crippen molar-refractivity contribution >= 4 is 11.8 Å². The Labute approximate surface area is 141 Å². The SMILES string of the molecule is Cc1cc(C)c(C(=O)[C@H](C)OC(=O)c2cccc(C#N)c2)cc1C. The summed E-state index contributed by atoms with van der Waals surface area (Å²) in [5.41, 5.74) is 4.17. The van der Waals surface area contributed by atoms with E-state index in [0.717, 1.165) is 16.7 Å². The van der Waals surface area contributed by atoms with E-state index < -0.39 is 12.1 Å². The highest BCUT2D eigenvalue weighted by Crippen LogP contribution is 2.18. The highest BCUT2D eigenvalue weighted by Gasteiger charge is 2.22. The summed E-state index contributed by atoms with van der Waals surface area (Å²) in [7, 11) is 0. The molecule has 0 aliphatic heterocycles. The zero-order valence-corrected chi connectivity index (χ0v) is 14.2. The van der Waals surface area contributed by atoms with Crippen LogP contribution < -0.4 is 0 Å². The van der Waals surface area contributed by atoms with Crippen molar-refractivity contribution in [2.75, 3.05) is 0 Å². The van der Waals surface area contributed by atoms with Crippen LogP contribution in [0, 0.1) is 32.1 Å². The van der Waals surface area contributed by atoms with E-state index in [-0.39, 0.29) is 11.3 Å². The van der Waals surface area contributed by atoms with Crippen molar-refractivity contribution in [1.82, 2.24) is 0 Å². The summed E-state index contributed by atoms with van der Waals surface area (Å²) in [5.74, 6) is -0.852. The maximum Gasteiger partial charge on any atom is 0.338 e. The molecule has 0 N–H and O–H groups in total. The summed E-state index contributed by atoms with van der Waals surface area (Å²) >= 11 is 0. The summed E-state index contributed by atoms with van der Waals surface area (Å²) in [5, 5.41) is 8.89. The number of ether oxygens (including phenoxy) is 1. The van der Waals surface area contributed by atoms with Crippen molar-refractivity contribution < 1.29 is 14.3 Å². The molecule has 0 fully saturated rings. The molecule has 2 aromatic carbocycles. The minimum absolute atomic E-state index is 0.236. The first-order valence-electron chi connectivity index (χ1n) is 7.66. The molecule has 122 valence electrons. The molecular formula is C20H19NO3. The maximum absolute atomic E-state index is 12.6. The maximum atomic E-state index is 12.6. The van der Waals surface area contributed by atoms with Crippen LogP contribution in [0.4, 0.5) is 0 Å². The number of rotatable bonds is 4. The smallest absolute Gasteiger partial charge is 0.338 e. The molecule has 1 atom stereocenters. The van der Waals surface area contributed by atoms with Gasteiger partial charge in [0, 0.05) is 5.56 Å². The molecule has 24 heavy (non-hydrogen) atoms. The quantitative estimate of drug-likeness (QED) is 0.632. The van der Waals surface area contributed by atoms with E-state index in [9.17, 15) is 9.59 Å². The third-order valence-electron chi connectivity index (χ3n) is 3.99. The molecule has 0 aliphatic carbocycles. The lowest BCUT2D eigenvalue weighted by molar-refractivity contribution is 0.0318. The second-order valence-electron chi connectivity index (χ2n) is 5.86. The number of carbonyl (C=O) groups excluding carboxylic acids is 2. The minimum Gasteiger partial charge on any atom is -0.451 e. The fourth-order valence-corrected chi connectivity index (χ4v) is 2.44. The van der Waals surface area contributed by atoms with Gasteiger partial charge in [0.25, 0.3) is 0 Å². The van der Waals surface area contributed by atoms with Crippen molar-refractivity contribution in [3.8, 4) is 6.07 Å². The predicted molar refractivity (Wildman–Crippen MR) is 91.0 cm³/mol. The monoisotopic (exact) mass is 321 g/mol. The van der Waals surface area contributed by atoms with Crippen LogP contribution in [0.2, 0.25) is 0 Å². The van der Waals surface area contributed by atoms with Gasteiger partial charge in [0.05, 0.1) is 17.2 Å². The summed E-state index contributed by atoms with van der Waals surface area (Å²) in [6.45, 7) is 7.35. The fourth-order valence-electron chi connectivity index (χ4n) is 2.44. The van der Waals surface area contributed by atoms with Crippen LogP contribution >= 0.6 is 0 Å². The molecule has 0 saturated heterocycles. The normalized spacial score (nSPS) is 11.5. The molecule has 0 amide bonds. The number of Topliss-reactive ketones (excluding diaryl/α,β-unsaturated/α-hetero) is 1. The van der Waals surface area contributed by atoms with Crippen molar-refractivity contribution in [3.63, 3.8) is 0 Å². The van der Waals surface area contributed by atoms with Gasteiger partial charge in [-0.3, -0.25) is 4.79 Å². The lowest BCUT2D eigenvalue weighted by Gasteiger charge is -2.15. The summed E-state index contributed by atoms with van der Waals surface area (Å²) in [6, 6.07) is 12.0. The largest absolute Gasteiger partial charge is 0.451 e. The summed E-state index contributed by atoms with van der Waals surface area (Å²) in [6.07, 6.45) is -0.899. The van der Waals surface area contributed by atoms with Gasteiger partial charge in [-0.2, -0.15) is 5.26 Å². The number of ketones is 1. The van der Waals surface area contributed by atoms with E-state index in [1.807, 2.05) is 39.0 Å². The Kier molecular flexibility index (Phi) is 5.15. The molecule has 2 rings (SSSR count). The van der Waals surface area contributed by atoms with Crippen LogP contribution in [0.1, 0.15) is 49.9 Å². The second kappa shape index (κ2) is 7.10. The standard InChI is InChI=1S/C20H19NO3/c1-12-8-14(3)18(9-13(12)2)19(22)15(4)24-20(23)17-7-5-6-16(10-17)11-21/h5-10,15H,1-4H3/t15-/m0/s1. The number of carbonyl (C=O) groups is 2. The van der Waals surface area contributed by atoms with Gasteiger partial charge in [-0.15, -0.1) is 0 Å². The van der Waals surface area contributed by atoms with Crippen LogP contribution in [-0.2, 0) is 4.74 Å². The van der Waals surface area contributed by atoms with Gasteiger partial charge in [0.1, 0.15) is 0 Å². The Bertz CT molecular complexity index is 846. The minimum atomic E-state index is -0.899. The second-order valence-corrected chi connectivity index (χ2v) is 5.86. The zero-order chi connectivity index (χ0) is 17.9. The molecule has 4 nitrogen and oxygen atoms in total. The number of nitriles is 1. The van der Waals surface area contributed by atoms with E-state index in [2.05, 4.69) is 0 Å². The number of nitrogens with zero attached hydrogens (tertiary/aromatic N) is 1. The van der Waals surface area contributed by atoms with E-state index >= 15 is 0 Å². The van der Waals surface area contributed by atoms with Crippen LogP contribution in [0.25, 0.3) is 0 Å². The van der Waals surface area contributed by atoms with Crippen molar-refractivity contribution in [3.05, 3.63) is 69.8 Å². The third-order valence-corrected chi connectivity index (χ3v) is 3.99. The molecule has 4 heteroatoms. The fraction of sp³-hybridized carbons (Fsp3) is 0.250. The predicted octanol–water partition coefficient (Wildman–Crippen LogP) is 3.91. The molecule has 0 saturated carbocycles. The first-order chi connectivity index (χ1) is 11.3. The van der Waals surface area contributed by atoms with E-state index in [1.54, 1.807) is 25.1 Å². The van der Waals surface area contributed by atoms with Gasteiger partial charge >= 0.3 is 5.97 Å². The van der Waals surface area contributed by atoms with Gasteiger partial charge < -0.3 is 4.74 Å². The molecule has 0 heterocycles. The Hall–Kier alpha value is -2.93. The molecule has 0 aliphatic rings. The highest BCUT2D eigenvalue weighted by atomic mass is 16.5. The van der Waals surface area contributed by atoms with Crippen LogP contribution in [-0.4, -0.2) is 17.9 Å². The summed E-state index contributed by atoms with van der Waals surface area (Å²) in [4.78, 5) is 24.8. The number of esters is 1. The first kappa shape index (κ1) is 17.4. The molecule has 0 radical (unpaired) electrons.